The van der Waals surface area contributed by atoms with Crippen LogP contribution in [0.5, 0.6) is 0 Å². The molecule has 4 heteroatoms. The van der Waals surface area contributed by atoms with Crippen molar-refractivity contribution in [2.24, 2.45) is 29.6 Å². The maximum absolute atomic E-state index is 4.44. The van der Waals surface area contributed by atoms with Gasteiger partial charge in [0.05, 0.1) is 5.39 Å². The SMILES string of the molecule is c1nc(NCC2C3CC4CC(C3)CC2C4)c2cc[nH]c2n1. The molecule has 4 aliphatic rings. The number of nitrogens with zero attached hydrogens (tertiary/aromatic N) is 2. The highest BCUT2D eigenvalue weighted by Crippen LogP contribution is 2.56. The van der Waals surface area contributed by atoms with Crippen LogP contribution in [0.25, 0.3) is 11.0 Å². The van der Waals surface area contributed by atoms with E-state index in [1.54, 1.807) is 6.33 Å². The minimum absolute atomic E-state index is 0.863. The summed E-state index contributed by atoms with van der Waals surface area (Å²) in [6.45, 7) is 1.09. The van der Waals surface area contributed by atoms with E-state index in [0.29, 0.717) is 0 Å². The van der Waals surface area contributed by atoms with Crippen LogP contribution in [0.2, 0.25) is 0 Å². The van der Waals surface area contributed by atoms with Crippen LogP contribution >= 0.6 is 0 Å². The molecular weight excluding hydrogens is 260 g/mol. The van der Waals surface area contributed by atoms with Crippen LogP contribution in [0.1, 0.15) is 32.1 Å². The van der Waals surface area contributed by atoms with E-state index < -0.39 is 0 Å². The van der Waals surface area contributed by atoms with E-state index in [9.17, 15) is 0 Å². The topological polar surface area (TPSA) is 53.6 Å². The van der Waals surface area contributed by atoms with E-state index in [4.69, 9.17) is 0 Å². The number of anilines is 1. The molecule has 0 spiro atoms. The average Bonchev–Trinajstić information content (AvgIpc) is 2.95. The zero-order chi connectivity index (χ0) is 13.8. The average molecular weight is 282 g/mol. The first-order valence-corrected chi connectivity index (χ1v) is 8.39. The van der Waals surface area contributed by atoms with Gasteiger partial charge in [-0.1, -0.05) is 0 Å². The van der Waals surface area contributed by atoms with Crippen LogP contribution in [-0.2, 0) is 0 Å². The number of hydrogen-bond donors (Lipinski definition) is 2. The molecule has 2 aromatic rings. The zero-order valence-corrected chi connectivity index (χ0v) is 12.3. The number of hydrogen-bond acceptors (Lipinski definition) is 3. The van der Waals surface area contributed by atoms with E-state index in [0.717, 1.165) is 53.0 Å². The maximum atomic E-state index is 4.44. The van der Waals surface area contributed by atoms with Gasteiger partial charge in [0.15, 0.2) is 0 Å². The molecule has 2 aromatic heterocycles. The van der Waals surface area contributed by atoms with Gasteiger partial charge in [-0.3, -0.25) is 0 Å². The van der Waals surface area contributed by atoms with Crippen LogP contribution in [-0.4, -0.2) is 21.5 Å². The van der Waals surface area contributed by atoms with E-state index >= 15 is 0 Å². The van der Waals surface area contributed by atoms with E-state index in [1.807, 2.05) is 6.20 Å². The van der Waals surface area contributed by atoms with Gasteiger partial charge in [0.2, 0.25) is 0 Å². The number of aromatic nitrogens is 3. The lowest BCUT2D eigenvalue weighted by molar-refractivity contribution is -0.0305. The molecule has 4 aliphatic carbocycles. The molecule has 0 atom stereocenters. The zero-order valence-electron chi connectivity index (χ0n) is 12.3. The van der Waals surface area contributed by atoms with Gasteiger partial charge in [0.25, 0.3) is 0 Å². The summed E-state index contributed by atoms with van der Waals surface area (Å²) in [4.78, 5) is 11.9. The number of H-pyrrole nitrogens is 1. The van der Waals surface area contributed by atoms with Crippen LogP contribution in [0.4, 0.5) is 5.82 Å². The van der Waals surface area contributed by atoms with Crippen molar-refractivity contribution in [2.75, 3.05) is 11.9 Å². The van der Waals surface area contributed by atoms with Crippen molar-refractivity contribution >= 4 is 16.9 Å². The first-order valence-electron chi connectivity index (χ1n) is 8.39. The summed E-state index contributed by atoms with van der Waals surface area (Å²) < 4.78 is 0. The molecule has 2 N–H and O–H groups in total. The Kier molecular flexibility index (Phi) is 2.55. The molecule has 0 amide bonds. The fourth-order valence-electron chi connectivity index (χ4n) is 5.60. The molecule has 0 radical (unpaired) electrons. The predicted molar refractivity (Wildman–Crippen MR) is 82.9 cm³/mol. The molecule has 110 valence electrons. The Labute approximate surface area is 124 Å². The van der Waals surface area contributed by atoms with Crippen LogP contribution < -0.4 is 5.32 Å². The fourth-order valence-corrected chi connectivity index (χ4v) is 5.60. The van der Waals surface area contributed by atoms with Gasteiger partial charge in [-0.25, -0.2) is 9.97 Å². The summed E-state index contributed by atoms with van der Waals surface area (Å²) in [6.07, 6.45) is 11.1. The van der Waals surface area contributed by atoms with Gasteiger partial charge in [-0.05, 0) is 67.8 Å². The number of fused-ring (bicyclic) bond motifs is 1. The molecular formula is C17H22N4. The molecule has 21 heavy (non-hydrogen) atoms. The standard InChI is InChI=1S/C17H22N4/c1-2-18-16-14(1)17(21-9-20-16)19-8-15-12-4-10-3-11(6-12)7-13(15)5-10/h1-2,9-13,15H,3-8H2,(H2,18,19,20,21). The van der Waals surface area contributed by atoms with Gasteiger partial charge >= 0.3 is 0 Å². The van der Waals surface area contributed by atoms with Gasteiger partial charge in [0.1, 0.15) is 17.8 Å². The summed E-state index contributed by atoms with van der Waals surface area (Å²) >= 11 is 0. The molecule has 6 rings (SSSR count). The van der Waals surface area contributed by atoms with Gasteiger partial charge < -0.3 is 10.3 Å². The third-order valence-electron chi connectivity index (χ3n) is 6.28. The predicted octanol–water partition coefficient (Wildman–Crippen LogP) is 3.44. The van der Waals surface area contributed by atoms with Crippen molar-refractivity contribution in [2.45, 2.75) is 32.1 Å². The van der Waals surface area contributed by atoms with Gasteiger partial charge in [0, 0.05) is 12.7 Å². The maximum Gasteiger partial charge on any atom is 0.142 e. The van der Waals surface area contributed by atoms with Crippen molar-refractivity contribution in [3.8, 4) is 0 Å². The highest BCUT2D eigenvalue weighted by atomic mass is 15.0. The normalized spacial score (nSPS) is 37.2. The molecule has 0 aliphatic heterocycles. The van der Waals surface area contributed by atoms with Gasteiger partial charge in [-0.2, -0.15) is 0 Å². The second kappa shape index (κ2) is 4.46. The Hall–Kier alpha value is -1.58. The fraction of sp³-hybridized carbons (Fsp3) is 0.647. The molecule has 4 fully saturated rings. The first kappa shape index (κ1) is 12.0. The number of rotatable bonds is 3. The lowest BCUT2D eigenvalue weighted by Gasteiger charge is -2.54. The quantitative estimate of drug-likeness (QED) is 0.906. The van der Waals surface area contributed by atoms with Gasteiger partial charge in [-0.15, -0.1) is 0 Å². The highest BCUT2D eigenvalue weighted by Gasteiger charge is 2.47. The second-order valence-electron chi connectivity index (χ2n) is 7.44. The van der Waals surface area contributed by atoms with Crippen LogP contribution in [0, 0.1) is 29.6 Å². The Morgan fingerprint density at radius 1 is 1.05 bits per heavy atom. The summed E-state index contributed by atoms with van der Waals surface area (Å²) in [5.41, 5.74) is 0.928. The smallest absolute Gasteiger partial charge is 0.142 e. The Balaban J connectivity index is 1.35. The minimum Gasteiger partial charge on any atom is -0.369 e. The highest BCUT2D eigenvalue weighted by molar-refractivity contribution is 5.86. The molecule has 4 saturated carbocycles. The van der Waals surface area contributed by atoms with Crippen molar-refractivity contribution in [3.63, 3.8) is 0 Å². The van der Waals surface area contributed by atoms with Crippen molar-refractivity contribution in [1.82, 2.24) is 15.0 Å². The van der Waals surface area contributed by atoms with E-state index in [2.05, 4.69) is 26.3 Å². The summed E-state index contributed by atoms with van der Waals surface area (Å²) in [5, 5.41) is 4.74. The van der Waals surface area contributed by atoms with Crippen molar-refractivity contribution in [3.05, 3.63) is 18.6 Å². The first-order chi connectivity index (χ1) is 10.4. The van der Waals surface area contributed by atoms with Crippen LogP contribution in [0.15, 0.2) is 18.6 Å². The number of aromatic amines is 1. The second-order valence-corrected chi connectivity index (χ2v) is 7.44. The lowest BCUT2D eigenvalue weighted by Crippen LogP contribution is -2.47. The lowest BCUT2D eigenvalue weighted by atomic mass is 9.52. The minimum atomic E-state index is 0.863. The van der Waals surface area contributed by atoms with E-state index in [-0.39, 0.29) is 0 Å². The van der Waals surface area contributed by atoms with Crippen LogP contribution in [0.3, 0.4) is 0 Å². The summed E-state index contributed by atoms with van der Waals surface area (Å²) in [6, 6.07) is 2.06. The monoisotopic (exact) mass is 282 g/mol. The largest absolute Gasteiger partial charge is 0.369 e. The molecule has 2 heterocycles. The Morgan fingerprint density at radius 3 is 2.57 bits per heavy atom. The Morgan fingerprint density at radius 2 is 1.81 bits per heavy atom. The summed E-state index contributed by atoms with van der Waals surface area (Å²) in [5.74, 6) is 5.91. The van der Waals surface area contributed by atoms with E-state index in [1.165, 1.54) is 32.1 Å². The Bertz CT molecular complexity index is 634. The molecule has 0 saturated heterocycles. The third kappa shape index (κ3) is 1.88. The molecule has 4 bridgehead atoms. The third-order valence-corrected chi connectivity index (χ3v) is 6.28. The van der Waals surface area contributed by atoms with Crippen molar-refractivity contribution in [1.29, 1.82) is 0 Å². The molecule has 0 aromatic carbocycles. The molecule has 0 unspecified atom stereocenters. The molecule has 4 nitrogen and oxygen atoms in total. The van der Waals surface area contributed by atoms with Crippen molar-refractivity contribution < 1.29 is 0 Å². The number of nitrogens with one attached hydrogen (secondary N) is 2. The summed E-state index contributed by atoms with van der Waals surface area (Å²) in [7, 11) is 0.